The van der Waals surface area contributed by atoms with Crippen molar-refractivity contribution in [3.63, 3.8) is 0 Å². The lowest BCUT2D eigenvalue weighted by Gasteiger charge is -2.40. The predicted octanol–water partition coefficient (Wildman–Crippen LogP) is 5.11. The first-order valence-corrected chi connectivity index (χ1v) is 17.6. The van der Waals surface area contributed by atoms with E-state index in [2.05, 4.69) is 39.5 Å². The van der Waals surface area contributed by atoms with E-state index in [1.54, 1.807) is 24.1 Å². The molecule has 0 spiro atoms. The van der Waals surface area contributed by atoms with Crippen LogP contribution in [0.2, 0.25) is 0 Å². The van der Waals surface area contributed by atoms with E-state index in [4.69, 9.17) is 15.5 Å². The summed E-state index contributed by atoms with van der Waals surface area (Å²) in [5, 5.41) is 10.6. The van der Waals surface area contributed by atoms with E-state index in [0.717, 1.165) is 41.8 Å². The van der Waals surface area contributed by atoms with E-state index in [1.165, 1.54) is 30.5 Å². The number of piperidine rings is 1. The number of carbonyl (C=O) groups excluding carboxylic acids is 2. The summed E-state index contributed by atoms with van der Waals surface area (Å²) in [5.74, 6) is 1.23. The fraction of sp³-hybridized carbons (Fsp3) is 0.385. The van der Waals surface area contributed by atoms with E-state index < -0.39 is 5.97 Å². The molecular formula is C39H40N6O5. The van der Waals surface area contributed by atoms with Crippen LogP contribution >= 0.6 is 0 Å². The lowest BCUT2D eigenvalue weighted by molar-refractivity contribution is 0.0471. The monoisotopic (exact) mass is 672 g/mol. The molecule has 2 saturated carbocycles. The third-order valence-corrected chi connectivity index (χ3v) is 11.4. The average molecular weight is 673 g/mol. The van der Waals surface area contributed by atoms with Crippen LogP contribution in [0.1, 0.15) is 56.8 Å². The minimum absolute atomic E-state index is 0.0267. The van der Waals surface area contributed by atoms with Crippen molar-refractivity contribution < 1.29 is 24.2 Å². The first kappa shape index (κ1) is 30.9. The van der Waals surface area contributed by atoms with Gasteiger partial charge in [-0.15, -0.1) is 0 Å². The van der Waals surface area contributed by atoms with Crippen LogP contribution in [0.5, 0.6) is 5.75 Å². The number of methoxy groups -OCH3 is 1. The molecule has 4 heterocycles. The number of ether oxygens (including phenoxy) is 1. The molecule has 2 aliphatic heterocycles. The Labute approximate surface area is 289 Å². The van der Waals surface area contributed by atoms with Crippen LogP contribution in [0.15, 0.2) is 66.7 Å². The van der Waals surface area contributed by atoms with Crippen LogP contribution in [0.25, 0.3) is 33.5 Å². The lowest BCUT2D eigenvalue weighted by atomic mass is 9.98. The highest BCUT2D eigenvalue weighted by Crippen LogP contribution is 2.41. The second-order valence-corrected chi connectivity index (χ2v) is 14.6. The summed E-state index contributed by atoms with van der Waals surface area (Å²) in [7, 11) is 1.63. The standard InChI is InChI=1S/C39H40N6O5/c1-50-33-16-28(38(47)44-21-27-11-12-31(44)34(27)40)14-29-35(33)45(20-23-17-42(18-23)37(46)25-6-4-7-26(13-25)39(48)49)36(41-29)32-15-24-5-2-3-8-30(24)43(32)19-22-9-10-22/h2-8,13-16,22-23,27,31,34H,9-12,17-21,40H2,1H3,(H,48,49)/t27?,31?,34-/m1/s1. The summed E-state index contributed by atoms with van der Waals surface area (Å²) >= 11 is 0. The van der Waals surface area contributed by atoms with Crippen molar-refractivity contribution in [2.24, 2.45) is 23.5 Å². The van der Waals surface area contributed by atoms with Gasteiger partial charge >= 0.3 is 5.97 Å². The first-order chi connectivity index (χ1) is 24.3. The molecule has 2 saturated heterocycles. The van der Waals surface area contributed by atoms with E-state index >= 15 is 0 Å². The summed E-state index contributed by atoms with van der Waals surface area (Å²) in [6.07, 6.45) is 4.43. The molecule has 11 heteroatoms. The molecule has 4 aliphatic rings. The zero-order valence-corrected chi connectivity index (χ0v) is 28.0. The predicted molar refractivity (Wildman–Crippen MR) is 188 cm³/mol. The van der Waals surface area contributed by atoms with E-state index in [-0.39, 0.29) is 35.4 Å². The SMILES string of the molecule is COc1cc(C(=O)N2CC3CCC2[C@@H]3N)cc2nc(-c3cc4ccccc4n3CC3CC3)n(CC3CN(C(=O)c4cccc(C(=O)O)c4)C3)c12. The Bertz CT molecular complexity index is 2190. The Balaban J connectivity index is 1.10. The number of para-hydroxylation sites is 1. The van der Waals surface area contributed by atoms with E-state index in [1.807, 2.05) is 17.0 Å². The summed E-state index contributed by atoms with van der Waals surface area (Å²) < 4.78 is 10.6. The fourth-order valence-electron chi connectivity index (χ4n) is 8.56. The number of rotatable bonds is 9. The molecule has 9 rings (SSSR count). The molecule has 2 aromatic heterocycles. The van der Waals surface area contributed by atoms with Crippen LogP contribution in [-0.2, 0) is 13.1 Å². The maximum Gasteiger partial charge on any atom is 0.335 e. The number of benzene rings is 3. The number of imidazole rings is 1. The van der Waals surface area contributed by atoms with Gasteiger partial charge < -0.3 is 34.5 Å². The van der Waals surface area contributed by atoms with E-state index in [9.17, 15) is 19.5 Å². The minimum Gasteiger partial charge on any atom is -0.494 e. The fourth-order valence-corrected chi connectivity index (χ4v) is 8.56. The largest absolute Gasteiger partial charge is 0.494 e. The van der Waals surface area contributed by atoms with Crippen molar-refractivity contribution in [2.75, 3.05) is 26.7 Å². The maximum atomic E-state index is 14.0. The topological polar surface area (TPSA) is 136 Å². The quantitative estimate of drug-likeness (QED) is 0.222. The van der Waals surface area contributed by atoms with Gasteiger partial charge in [-0.05, 0) is 80.0 Å². The van der Waals surface area contributed by atoms with Gasteiger partial charge in [-0.3, -0.25) is 9.59 Å². The second-order valence-electron chi connectivity index (χ2n) is 14.6. The number of aromatic nitrogens is 3. The van der Waals surface area contributed by atoms with Gasteiger partial charge in [-0.25, -0.2) is 9.78 Å². The molecule has 4 fully saturated rings. The van der Waals surface area contributed by atoms with Gasteiger partial charge in [-0.1, -0.05) is 24.3 Å². The third kappa shape index (κ3) is 5.05. The third-order valence-electron chi connectivity index (χ3n) is 11.4. The number of nitrogens with two attached hydrogens (primary N) is 1. The molecule has 0 radical (unpaired) electrons. The van der Waals surface area contributed by atoms with Crippen LogP contribution in [0.3, 0.4) is 0 Å². The van der Waals surface area contributed by atoms with Crippen molar-refractivity contribution in [1.29, 1.82) is 0 Å². The van der Waals surface area contributed by atoms with E-state index in [0.29, 0.717) is 60.4 Å². The minimum atomic E-state index is -1.06. The number of aromatic carboxylic acids is 1. The Morgan fingerprint density at radius 2 is 1.62 bits per heavy atom. The molecule has 2 bridgehead atoms. The highest BCUT2D eigenvalue weighted by Gasteiger charge is 2.47. The van der Waals surface area contributed by atoms with Gasteiger partial charge in [0.15, 0.2) is 5.82 Å². The molecular weight excluding hydrogens is 632 g/mol. The number of nitrogens with zero attached hydrogens (tertiary/aromatic N) is 5. The van der Waals surface area contributed by atoms with Crippen molar-refractivity contribution in [3.8, 4) is 17.3 Å². The normalized spacial score (nSPS) is 21.7. The molecule has 3 aromatic carbocycles. The number of hydrogen-bond donors (Lipinski definition) is 2. The smallest absolute Gasteiger partial charge is 0.335 e. The summed E-state index contributed by atoms with van der Waals surface area (Å²) in [6.45, 7) is 3.23. The highest BCUT2D eigenvalue weighted by atomic mass is 16.5. The van der Waals surface area contributed by atoms with Gasteiger partial charge in [0.1, 0.15) is 11.3 Å². The number of fused-ring (bicyclic) bond motifs is 4. The van der Waals surface area contributed by atoms with Gasteiger partial charge in [0.05, 0.1) is 23.9 Å². The Kier molecular flexibility index (Phi) is 7.24. The molecule has 11 nitrogen and oxygen atoms in total. The van der Waals surface area contributed by atoms with Crippen LogP contribution < -0.4 is 10.5 Å². The molecule has 3 atom stereocenters. The molecule has 2 unspecified atom stereocenters. The highest BCUT2D eigenvalue weighted by molar-refractivity contribution is 6.01. The number of carbonyl (C=O) groups is 3. The summed E-state index contributed by atoms with van der Waals surface area (Å²) in [4.78, 5) is 47.8. The molecule has 50 heavy (non-hydrogen) atoms. The first-order valence-electron chi connectivity index (χ1n) is 17.6. The van der Waals surface area contributed by atoms with Crippen molar-refractivity contribution in [1.82, 2.24) is 23.9 Å². The average Bonchev–Trinajstić information content (AvgIpc) is 3.47. The molecule has 2 aliphatic carbocycles. The van der Waals surface area contributed by atoms with Crippen molar-refractivity contribution in [2.45, 2.75) is 50.9 Å². The summed E-state index contributed by atoms with van der Waals surface area (Å²) in [5.41, 5.74) is 11.2. The van der Waals surface area contributed by atoms with Crippen LogP contribution in [0, 0.1) is 17.8 Å². The van der Waals surface area contributed by atoms with Gasteiger partial charge in [-0.2, -0.15) is 0 Å². The number of carboxylic acids is 1. The maximum absolute atomic E-state index is 14.0. The Morgan fingerprint density at radius 3 is 2.34 bits per heavy atom. The zero-order valence-electron chi connectivity index (χ0n) is 28.0. The molecule has 256 valence electrons. The Hall–Kier alpha value is -5.16. The Morgan fingerprint density at radius 1 is 0.840 bits per heavy atom. The second kappa shape index (κ2) is 11.7. The number of hydrogen-bond acceptors (Lipinski definition) is 6. The number of carboxylic acid groups (broad SMARTS) is 1. The summed E-state index contributed by atoms with van der Waals surface area (Å²) in [6, 6.07) is 20.7. The number of likely N-dealkylation sites (tertiary alicyclic amines) is 2. The molecule has 2 amide bonds. The lowest BCUT2D eigenvalue weighted by Crippen LogP contribution is -2.51. The van der Waals surface area contributed by atoms with Gasteiger partial charge in [0, 0.05) is 72.8 Å². The molecule has 3 N–H and O–H groups in total. The van der Waals surface area contributed by atoms with Crippen molar-refractivity contribution in [3.05, 3.63) is 83.4 Å². The van der Waals surface area contributed by atoms with Crippen molar-refractivity contribution >= 4 is 39.7 Å². The van der Waals surface area contributed by atoms with Gasteiger partial charge in [0.25, 0.3) is 11.8 Å². The zero-order chi connectivity index (χ0) is 34.3. The number of amides is 2. The van der Waals surface area contributed by atoms with Crippen LogP contribution in [0.4, 0.5) is 0 Å². The molecule has 5 aromatic rings. The van der Waals surface area contributed by atoms with Crippen LogP contribution in [-0.4, -0.2) is 85.6 Å². The van der Waals surface area contributed by atoms with Gasteiger partial charge in [0.2, 0.25) is 0 Å².